The second kappa shape index (κ2) is 6.33. The topological polar surface area (TPSA) is 87.6 Å². The van der Waals surface area contributed by atoms with Gasteiger partial charge < -0.3 is 5.11 Å². The Hall–Kier alpha value is -2.25. The lowest BCUT2D eigenvalue weighted by Crippen LogP contribution is -2.29. The maximum atomic E-state index is 11.9. The molecule has 1 N–H and O–H groups in total. The minimum atomic E-state index is -3.28. The Morgan fingerprint density at radius 1 is 1.29 bits per heavy atom. The minimum absolute atomic E-state index is 0.175. The highest BCUT2D eigenvalue weighted by atomic mass is 32.2. The van der Waals surface area contributed by atoms with Crippen molar-refractivity contribution in [1.82, 2.24) is 9.29 Å². The molecule has 2 aromatic rings. The van der Waals surface area contributed by atoms with Gasteiger partial charge in [-0.3, -0.25) is 4.98 Å². The number of carboxylic acid groups (broad SMARTS) is 1. The van der Waals surface area contributed by atoms with Gasteiger partial charge in [-0.1, -0.05) is 18.2 Å². The fourth-order valence-electron chi connectivity index (χ4n) is 3.16. The summed E-state index contributed by atoms with van der Waals surface area (Å²) in [5.74, 6) is -1.02. The Labute approximate surface area is 140 Å². The number of nitrogens with zero attached hydrogens (tertiary/aromatic N) is 2. The van der Waals surface area contributed by atoms with Crippen LogP contribution in [0.2, 0.25) is 0 Å². The second-order valence-corrected chi connectivity index (χ2v) is 7.79. The fraction of sp³-hybridized carbons (Fsp3) is 0.294. The van der Waals surface area contributed by atoms with Crippen molar-refractivity contribution < 1.29 is 18.3 Å². The molecule has 24 heavy (non-hydrogen) atoms. The van der Waals surface area contributed by atoms with Crippen molar-refractivity contribution in [2.75, 3.05) is 12.8 Å². The van der Waals surface area contributed by atoms with E-state index in [2.05, 4.69) is 4.98 Å². The van der Waals surface area contributed by atoms with E-state index >= 15 is 0 Å². The van der Waals surface area contributed by atoms with Gasteiger partial charge in [0, 0.05) is 24.3 Å². The third-order valence-electron chi connectivity index (χ3n) is 4.23. The summed E-state index contributed by atoms with van der Waals surface area (Å²) in [6, 6.07) is 10.0. The quantitative estimate of drug-likeness (QED) is 0.919. The maximum absolute atomic E-state index is 11.9. The molecule has 126 valence electrons. The molecule has 7 heteroatoms. The number of aromatic nitrogens is 1. The lowest BCUT2D eigenvalue weighted by Gasteiger charge is -2.22. The van der Waals surface area contributed by atoms with Gasteiger partial charge in [-0.15, -0.1) is 0 Å². The molecule has 0 saturated carbocycles. The molecule has 0 aliphatic carbocycles. The molecular formula is C17H18N2O4S. The predicted octanol–water partition coefficient (Wildman–Crippen LogP) is 2.54. The monoisotopic (exact) mass is 346 g/mol. The van der Waals surface area contributed by atoms with Crippen LogP contribution < -0.4 is 0 Å². The third kappa shape index (κ3) is 3.18. The SMILES string of the molecule is CS(=O)(=O)N1CCC[C@H]1c1ccnc(-c2ccccc2C(=O)O)c1. The van der Waals surface area contributed by atoms with Crippen LogP contribution in [0.25, 0.3) is 11.3 Å². The predicted molar refractivity (Wildman–Crippen MR) is 90.2 cm³/mol. The molecule has 1 aromatic carbocycles. The number of carboxylic acids is 1. The maximum Gasteiger partial charge on any atom is 0.336 e. The molecule has 2 heterocycles. The lowest BCUT2D eigenvalue weighted by atomic mass is 10.00. The van der Waals surface area contributed by atoms with Crippen LogP contribution >= 0.6 is 0 Å². The van der Waals surface area contributed by atoms with Crippen LogP contribution in [0.15, 0.2) is 42.6 Å². The van der Waals surface area contributed by atoms with Crippen LogP contribution in [0.5, 0.6) is 0 Å². The van der Waals surface area contributed by atoms with Gasteiger partial charge in [-0.05, 0) is 36.6 Å². The average molecular weight is 346 g/mol. The zero-order valence-electron chi connectivity index (χ0n) is 13.2. The van der Waals surface area contributed by atoms with Crippen LogP contribution in [0.1, 0.15) is 34.8 Å². The Morgan fingerprint density at radius 2 is 2.04 bits per heavy atom. The number of aromatic carboxylic acids is 1. The van der Waals surface area contributed by atoms with Crippen LogP contribution in [-0.2, 0) is 10.0 Å². The smallest absolute Gasteiger partial charge is 0.336 e. The highest BCUT2D eigenvalue weighted by Crippen LogP contribution is 2.35. The Bertz CT molecular complexity index is 880. The molecule has 3 rings (SSSR count). The highest BCUT2D eigenvalue weighted by Gasteiger charge is 2.32. The summed E-state index contributed by atoms with van der Waals surface area (Å²) in [6.07, 6.45) is 4.37. The lowest BCUT2D eigenvalue weighted by molar-refractivity contribution is 0.0697. The van der Waals surface area contributed by atoms with E-state index in [0.717, 1.165) is 18.4 Å². The van der Waals surface area contributed by atoms with E-state index in [0.29, 0.717) is 17.8 Å². The van der Waals surface area contributed by atoms with Crippen LogP contribution in [0, 0.1) is 0 Å². The number of hydrogen-bond acceptors (Lipinski definition) is 4. The van der Waals surface area contributed by atoms with E-state index < -0.39 is 16.0 Å². The first-order valence-electron chi connectivity index (χ1n) is 7.63. The Balaban J connectivity index is 2.04. The van der Waals surface area contributed by atoms with Crippen LogP contribution in [0.4, 0.5) is 0 Å². The first-order valence-corrected chi connectivity index (χ1v) is 9.48. The highest BCUT2D eigenvalue weighted by molar-refractivity contribution is 7.88. The first kappa shape index (κ1) is 16.6. The molecule has 1 aromatic heterocycles. The molecule has 0 amide bonds. The normalized spacial score (nSPS) is 18.6. The fourth-order valence-corrected chi connectivity index (χ4v) is 4.31. The summed E-state index contributed by atoms with van der Waals surface area (Å²) in [7, 11) is -3.28. The van der Waals surface area contributed by atoms with Crippen molar-refractivity contribution in [3.8, 4) is 11.3 Å². The van der Waals surface area contributed by atoms with E-state index in [4.69, 9.17) is 0 Å². The largest absolute Gasteiger partial charge is 0.478 e. The molecule has 0 radical (unpaired) electrons. The van der Waals surface area contributed by atoms with Gasteiger partial charge in [0.1, 0.15) is 0 Å². The molecular weight excluding hydrogens is 328 g/mol. The number of benzene rings is 1. The first-order chi connectivity index (χ1) is 11.4. The van der Waals surface area contributed by atoms with E-state index in [1.807, 2.05) is 0 Å². The third-order valence-corrected chi connectivity index (χ3v) is 5.52. The summed E-state index contributed by atoms with van der Waals surface area (Å²) >= 11 is 0. The van der Waals surface area contributed by atoms with E-state index in [9.17, 15) is 18.3 Å². The van der Waals surface area contributed by atoms with Crippen molar-refractivity contribution in [1.29, 1.82) is 0 Å². The molecule has 6 nitrogen and oxygen atoms in total. The summed E-state index contributed by atoms with van der Waals surface area (Å²) in [5, 5.41) is 9.34. The van der Waals surface area contributed by atoms with Crippen molar-refractivity contribution in [3.63, 3.8) is 0 Å². The van der Waals surface area contributed by atoms with E-state index in [1.165, 1.54) is 16.6 Å². The zero-order valence-corrected chi connectivity index (χ0v) is 14.0. The average Bonchev–Trinajstić information content (AvgIpc) is 3.05. The molecule has 1 fully saturated rings. The Morgan fingerprint density at radius 3 is 2.75 bits per heavy atom. The molecule has 0 unspecified atom stereocenters. The minimum Gasteiger partial charge on any atom is -0.478 e. The van der Waals surface area contributed by atoms with Crippen molar-refractivity contribution in [2.45, 2.75) is 18.9 Å². The molecule has 1 atom stereocenters. The van der Waals surface area contributed by atoms with Gasteiger partial charge in [-0.25, -0.2) is 13.2 Å². The van der Waals surface area contributed by atoms with E-state index in [1.54, 1.807) is 36.5 Å². The summed E-state index contributed by atoms with van der Waals surface area (Å²) < 4.78 is 25.4. The van der Waals surface area contributed by atoms with Gasteiger partial charge in [0.25, 0.3) is 0 Å². The van der Waals surface area contributed by atoms with Gasteiger partial charge >= 0.3 is 5.97 Å². The Kier molecular flexibility index (Phi) is 4.38. The van der Waals surface area contributed by atoms with Crippen molar-refractivity contribution in [3.05, 3.63) is 53.7 Å². The standard InChI is InChI=1S/C17H18N2O4S/c1-24(22,23)19-10-4-7-16(19)12-8-9-18-15(11-12)13-5-2-3-6-14(13)17(20)21/h2-3,5-6,8-9,11,16H,4,7,10H2,1H3,(H,20,21)/t16-/m0/s1. The number of carbonyl (C=O) groups is 1. The molecule has 1 saturated heterocycles. The zero-order chi connectivity index (χ0) is 17.3. The van der Waals surface area contributed by atoms with Crippen molar-refractivity contribution >= 4 is 16.0 Å². The molecule has 0 bridgehead atoms. The second-order valence-electron chi connectivity index (χ2n) is 5.86. The molecule has 1 aliphatic rings. The summed E-state index contributed by atoms with van der Waals surface area (Å²) in [6.45, 7) is 0.507. The number of sulfonamides is 1. The van der Waals surface area contributed by atoms with Gasteiger partial charge in [0.2, 0.25) is 10.0 Å². The van der Waals surface area contributed by atoms with Crippen LogP contribution in [-0.4, -0.2) is 41.6 Å². The van der Waals surface area contributed by atoms with Gasteiger partial charge in [0.15, 0.2) is 0 Å². The van der Waals surface area contributed by atoms with E-state index in [-0.39, 0.29) is 11.6 Å². The molecule has 0 spiro atoms. The van der Waals surface area contributed by atoms with Crippen molar-refractivity contribution in [2.24, 2.45) is 0 Å². The summed E-state index contributed by atoms with van der Waals surface area (Å²) in [4.78, 5) is 15.7. The van der Waals surface area contributed by atoms with Gasteiger partial charge in [-0.2, -0.15) is 4.31 Å². The number of rotatable bonds is 4. The molecule has 1 aliphatic heterocycles. The summed E-state index contributed by atoms with van der Waals surface area (Å²) in [5.41, 5.74) is 2.07. The van der Waals surface area contributed by atoms with Gasteiger partial charge in [0.05, 0.1) is 17.5 Å². The number of hydrogen-bond donors (Lipinski definition) is 1. The van der Waals surface area contributed by atoms with Crippen LogP contribution in [0.3, 0.4) is 0 Å². The number of pyridine rings is 1.